The molecule has 0 aromatic heterocycles. The van der Waals surface area contributed by atoms with Gasteiger partial charge in [-0.15, -0.1) is 0 Å². The number of benzene rings is 1. The summed E-state index contributed by atoms with van der Waals surface area (Å²) in [7, 11) is 0. The van der Waals surface area contributed by atoms with E-state index in [1.165, 1.54) is 5.56 Å². The van der Waals surface area contributed by atoms with Gasteiger partial charge in [0.1, 0.15) is 0 Å². The van der Waals surface area contributed by atoms with Crippen LogP contribution in [0.3, 0.4) is 0 Å². The van der Waals surface area contributed by atoms with E-state index in [1.807, 2.05) is 0 Å². The van der Waals surface area contributed by atoms with Gasteiger partial charge in [-0.05, 0) is 24.3 Å². The van der Waals surface area contributed by atoms with Crippen molar-refractivity contribution in [2.24, 2.45) is 11.7 Å². The van der Waals surface area contributed by atoms with Crippen molar-refractivity contribution in [3.05, 3.63) is 35.9 Å². The van der Waals surface area contributed by atoms with Crippen LogP contribution in [0.25, 0.3) is 0 Å². The van der Waals surface area contributed by atoms with Gasteiger partial charge < -0.3 is 5.73 Å². The average molecular weight is 190 g/mol. The maximum absolute atomic E-state index is 5.86. The summed E-state index contributed by atoms with van der Waals surface area (Å²) >= 11 is 0. The van der Waals surface area contributed by atoms with E-state index in [4.69, 9.17) is 5.73 Å². The molecule has 2 nitrogen and oxygen atoms in total. The van der Waals surface area contributed by atoms with Crippen LogP contribution in [-0.2, 0) is 6.42 Å². The lowest BCUT2D eigenvalue weighted by Crippen LogP contribution is -2.37. The summed E-state index contributed by atoms with van der Waals surface area (Å²) in [4.78, 5) is 0. The van der Waals surface area contributed by atoms with E-state index >= 15 is 0 Å². The first-order valence-corrected chi connectivity index (χ1v) is 5.31. The Morgan fingerprint density at radius 3 is 2.64 bits per heavy atom. The predicted octanol–water partition coefficient (Wildman–Crippen LogP) is 1.51. The number of hydrogen-bond donors (Lipinski definition) is 2. The largest absolute Gasteiger partial charge is 0.316 e. The van der Waals surface area contributed by atoms with Crippen LogP contribution in [0.15, 0.2) is 30.3 Å². The van der Waals surface area contributed by atoms with Gasteiger partial charge in [-0.3, -0.25) is 5.32 Å². The van der Waals surface area contributed by atoms with Gasteiger partial charge in [0.15, 0.2) is 0 Å². The van der Waals surface area contributed by atoms with Gasteiger partial charge in [-0.1, -0.05) is 37.3 Å². The van der Waals surface area contributed by atoms with Crippen LogP contribution in [0, 0.1) is 5.92 Å². The fourth-order valence-electron chi connectivity index (χ4n) is 2.20. The molecular weight excluding hydrogens is 172 g/mol. The first-order chi connectivity index (χ1) is 6.75. The normalized spacial score (nSPS) is 32.0. The molecule has 2 heteroatoms. The minimum atomic E-state index is 0.193. The van der Waals surface area contributed by atoms with Crippen LogP contribution in [0.4, 0.5) is 0 Å². The first kappa shape index (κ1) is 9.69. The number of hydrogen-bond acceptors (Lipinski definition) is 2. The minimum absolute atomic E-state index is 0.193. The Morgan fingerprint density at radius 2 is 2.07 bits per heavy atom. The van der Waals surface area contributed by atoms with Crippen LogP contribution in [-0.4, -0.2) is 12.2 Å². The molecule has 1 heterocycles. The fourth-order valence-corrected chi connectivity index (χ4v) is 2.20. The summed E-state index contributed by atoms with van der Waals surface area (Å²) in [5, 5.41) is 3.43. The van der Waals surface area contributed by atoms with Crippen molar-refractivity contribution in [3.63, 3.8) is 0 Å². The highest BCUT2D eigenvalue weighted by Crippen LogP contribution is 2.20. The van der Waals surface area contributed by atoms with Gasteiger partial charge in [-0.25, -0.2) is 0 Å². The van der Waals surface area contributed by atoms with Gasteiger partial charge >= 0.3 is 0 Å². The van der Waals surface area contributed by atoms with Crippen LogP contribution >= 0.6 is 0 Å². The molecule has 0 aliphatic carbocycles. The van der Waals surface area contributed by atoms with Gasteiger partial charge in [0, 0.05) is 6.04 Å². The molecule has 1 aromatic carbocycles. The predicted molar refractivity (Wildman–Crippen MR) is 58.8 cm³/mol. The van der Waals surface area contributed by atoms with Crippen molar-refractivity contribution < 1.29 is 0 Å². The standard InChI is InChI=1S/C12H18N2/c1-9-7-12(13)14-11(9)8-10-5-3-2-4-6-10/h2-6,9,11-12,14H,7-8,13H2,1H3/t9-,11?,12+/m1/s1. The summed E-state index contributed by atoms with van der Waals surface area (Å²) in [6.45, 7) is 2.27. The van der Waals surface area contributed by atoms with Gasteiger partial charge in [0.2, 0.25) is 0 Å². The Morgan fingerprint density at radius 1 is 1.36 bits per heavy atom. The van der Waals surface area contributed by atoms with Crippen molar-refractivity contribution in [2.45, 2.75) is 32.0 Å². The zero-order chi connectivity index (χ0) is 9.97. The third-order valence-corrected chi connectivity index (χ3v) is 3.04. The Kier molecular flexibility index (Phi) is 2.85. The molecule has 1 fully saturated rings. The topological polar surface area (TPSA) is 38.0 Å². The Hall–Kier alpha value is -0.860. The zero-order valence-corrected chi connectivity index (χ0v) is 8.61. The molecular formula is C12H18N2. The van der Waals surface area contributed by atoms with E-state index in [2.05, 4.69) is 42.6 Å². The molecule has 0 spiro atoms. The second-order valence-corrected chi connectivity index (χ2v) is 4.28. The van der Waals surface area contributed by atoms with Gasteiger partial charge in [-0.2, -0.15) is 0 Å². The van der Waals surface area contributed by atoms with Crippen molar-refractivity contribution in [3.8, 4) is 0 Å². The lowest BCUT2D eigenvalue weighted by Gasteiger charge is -2.15. The summed E-state index contributed by atoms with van der Waals surface area (Å²) < 4.78 is 0. The van der Waals surface area contributed by atoms with Crippen LogP contribution in [0.1, 0.15) is 18.9 Å². The monoisotopic (exact) mass is 190 g/mol. The summed E-state index contributed by atoms with van der Waals surface area (Å²) in [5.41, 5.74) is 7.25. The van der Waals surface area contributed by atoms with Gasteiger partial charge in [0.05, 0.1) is 6.17 Å². The van der Waals surface area contributed by atoms with Crippen molar-refractivity contribution >= 4 is 0 Å². The minimum Gasteiger partial charge on any atom is -0.316 e. The molecule has 0 bridgehead atoms. The highest BCUT2D eigenvalue weighted by Gasteiger charge is 2.27. The molecule has 2 rings (SSSR count). The number of nitrogens with one attached hydrogen (secondary N) is 1. The zero-order valence-electron chi connectivity index (χ0n) is 8.61. The highest BCUT2D eigenvalue weighted by atomic mass is 15.1. The van der Waals surface area contributed by atoms with Crippen molar-refractivity contribution in [1.29, 1.82) is 0 Å². The molecule has 1 aliphatic rings. The highest BCUT2D eigenvalue weighted by molar-refractivity contribution is 5.16. The summed E-state index contributed by atoms with van der Waals surface area (Å²) in [6.07, 6.45) is 2.38. The molecule has 14 heavy (non-hydrogen) atoms. The molecule has 76 valence electrons. The first-order valence-electron chi connectivity index (χ1n) is 5.31. The number of nitrogens with two attached hydrogens (primary N) is 1. The Bertz CT molecular complexity index is 284. The molecule has 0 amide bonds. The van der Waals surface area contributed by atoms with Crippen molar-refractivity contribution in [1.82, 2.24) is 5.32 Å². The molecule has 1 aliphatic heterocycles. The van der Waals surface area contributed by atoms with E-state index in [-0.39, 0.29) is 6.17 Å². The molecule has 3 atom stereocenters. The van der Waals surface area contributed by atoms with E-state index in [0.29, 0.717) is 12.0 Å². The lowest BCUT2D eigenvalue weighted by atomic mass is 9.96. The van der Waals surface area contributed by atoms with E-state index in [9.17, 15) is 0 Å². The van der Waals surface area contributed by atoms with E-state index < -0.39 is 0 Å². The smallest absolute Gasteiger partial charge is 0.0551 e. The molecule has 1 saturated heterocycles. The maximum atomic E-state index is 5.86. The van der Waals surface area contributed by atoms with Crippen LogP contribution < -0.4 is 11.1 Å². The Balaban J connectivity index is 1.98. The Labute approximate surface area is 85.5 Å². The fraction of sp³-hybridized carbons (Fsp3) is 0.500. The van der Waals surface area contributed by atoms with E-state index in [1.54, 1.807) is 0 Å². The average Bonchev–Trinajstić information content (AvgIpc) is 2.47. The molecule has 0 saturated carbocycles. The summed E-state index contributed by atoms with van der Waals surface area (Å²) in [6, 6.07) is 11.1. The van der Waals surface area contributed by atoms with Crippen molar-refractivity contribution in [2.75, 3.05) is 0 Å². The van der Waals surface area contributed by atoms with Crippen LogP contribution in [0.2, 0.25) is 0 Å². The second kappa shape index (κ2) is 4.11. The quantitative estimate of drug-likeness (QED) is 0.742. The summed E-state index contributed by atoms with van der Waals surface area (Å²) in [5.74, 6) is 0.685. The molecule has 1 aromatic rings. The molecule has 0 radical (unpaired) electrons. The second-order valence-electron chi connectivity index (χ2n) is 4.28. The maximum Gasteiger partial charge on any atom is 0.0551 e. The molecule has 1 unspecified atom stereocenters. The van der Waals surface area contributed by atoms with Crippen LogP contribution in [0.5, 0.6) is 0 Å². The lowest BCUT2D eigenvalue weighted by molar-refractivity contribution is 0.476. The van der Waals surface area contributed by atoms with Gasteiger partial charge in [0.25, 0.3) is 0 Å². The molecule has 3 N–H and O–H groups in total. The third kappa shape index (κ3) is 2.14. The third-order valence-electron chi connectivity index (χ3n) is 3.04. The van der Waals surface area contributed by atoms with E-state index in [0.717, 1.165) is 12.8 Å². The number of rotatable bonds is 2. The SMILES string of the molecule is C[C@@H]1C[C@@H](N)NC1Cc1ccccc1.